The predicted molar refractivity (Wildman–Crippen MR) is 157 cm³/mol. The molecule has 6 unspecified atom stereocenters. The van der Waals surface area contributed by atoms with Crippen molar-refractivity contribution in [3.8, 4) is 0 Å². The molecule has 7 nitrogen and oxygen atoms in total. The number of hydrogen-bond donors (Lipinski definition) is 3. The second kappa shape index (κ2) is 15.6. The summed E-state index contributed by atoms with van der Waals surface area (Å²) in [7, 11) is 0. The SMILES string of the molecule is CC(O)COC(C)COC(C)COC(C)CO.O=C(O)C=C(C1C=Cc2ccccc21)C1C=Cc2ccccc21. The molecule has 40 heavy (non-hydrogen) atoms. The summed E-state index contributed by atoms with van der Waals surface area (Å²) in [6, 6.07) is 16.4. The van der Waals surface area contributed by atoms with Crippen LogP contribution in [0.3, 0.4) is 0 Å². The van der Waals surface area contributed by atoms with Crippen LogP contribution in [0.2, 0.25) is 0 Å². The summed E-state index contributed by atoms with van der Waals surface area (Å²) in [6.07, 6.45) is 9.05. The Morgan fingerprint density at radius 3 is 1.68 bits per heavy atom. The molecule has 0 saturated carbocycles. The third-order valence-electron chi connectivity index (χ3n) is 6.72. The van der Waals surface area contributed by atoms with E-state index in [0.29, 0.717) is 19.8 Å². The zero-order valence-electron chi connectivity index (χ0n) is 23.8. The van der Waals surface area contributed by atoms with Crippen molar-refractivity contribution < 1.29 is 34.3 Å². The first-order chi connectivity index (χ1) is 19.2. The summed E-state index contributed by atoms with van der Waals surface area (Å²) in [5.74, 6) is -0.859. The lowest BCUT2D eigenvalue weighted by Gasteiger charge is -2.21. The Balaban J connectivity index is 0.000000234. The standard InChI is InChI=1S/C21H16O2.C12H26O5/c22-21(23)13-20(18-11-9-14-5-1-3-7-16(14)18)19-12-10-15-6-2-4-8-17(15)19;1-9(14)6-15-11(3)8-17-12(4)7-16-10(2)5-13/h1-13,18-19H,(H,22,23);9-14H,5-8H2,1-4H3. The van der Waals surface area contributed by atoms with Crippen molar-refractivity contribution in [1.29, 1.82) is 0 Å². The minimum atomic E-state index is -0.893. The van der Waals surface area contributed by atoms with Crippen LogP contribution in [-0.2, 0) is 19.0 Å². The van der Waals surface area contributed by atoms with E-state index in [1.165, 1.54) is 28.3 Å². The van der Waals surface area contributed by atoms with Gasteiger partial charge < -0.3 is 29.5 Å². The molecular formula is C33H42O7. The highest BCUT2D eigenvalue weighted by atomic mass is 16.6. The topological polar surface area (TPSA) is 105 Å². The van der Waals surface area contributed by atoms with Crippen LogP contribution in [0.4, 0.5) is 0 Å². The molecule has 2 aromatic carbocycles. The van der Waals surface area contributed by atoms with Crippen molar-refractivity contribution in [2.75, 3.05) is 26.4 Å². The summed E-state index contributed by atoms with van der Waals surface area (Å²) in [5, 5.41) is 27.2. The molecule has 0 spiro atoms. The van der Waals surface area contributed by atoms with Gasteiger partial charge in [-0.2, -0.15) is 0 Å². The fourth-order valence-electron chi connectivity index (χ4n) is 4.65. The molecule has 7 heteroatoms. The van der Waals surface area contributed by atoms with Crippen LogP contribution < -0.4 is 0 Å². The van der Waals surface area contributed by atoms with E-state index in [1.807, 2.05) is 38.1 Å². The smallest absolute Gasteiger partial charge is 0.328 e. The van der Waals surface area contributed by atoms with Gasteiger partial charge in [-0.25, -0.2) is 4.79 Å². The first-order valence-electron chi connectivity index (χ1n) is 13.8. The molecule has 4 rings (SSSR count). The molecule has 0 fully saturated rings. The largest absolute Gasteiger partial charge is 0.478 e. The van der Waals surface area contributed by atoms with Gasteiger partial charge in [-0.1, -0.05) is 72.8 Å². The van der Waals surface area contributed by atoms with Gasteiger partial charge in [-0.05, 0) is 55.5 Å². The Kier molecular flexibility index (Phi) is 12.3. The Hall–Kier alpha value is -3.07. The molecule has 0 radical (unpaired) electrons. The number of fused-ring (bicyclic) bond motifs is 2. The molecule has 0 aliphatic heterocycles. The Morgan fingerprint density at radius 2 is 1.23 bits per heavy atom. The highest BCUT2D eigenvalue weighted by Gasteiger charge is 2.29. The number of aliphatic carboxylic acids is 1. The highest BCUT2D eigenvalue weighted by Crippen LogP contribution is 2.45. The van der Waals surface area contributed by atoms with Crippen LogP contribution in [-0.4, -0.2) is 72.1 Å². The normalized spacial score (nSPS) is 19.6. The molecule has 216 valence electrons. The molecule has 2 aliphatic rings. The Bertz CT molecular complexity index is 1120. The lowest BCUT2D eigenvalue weighted by molar-refractivity contribution is -0.131. The molecule has 0 aromatic heterocycles. The van der Waals surface area contributed by atoms with Gasteiger partial charge >= 0.3 is 5.97 Å². The molecule has 0 amide bonds. The van der Waals surface area contributed by atoms with Gasteiger partial charge in [0, 0.05) is 17.9 Å². The number of allylic oxidation sites excluding steroid dienone is 3. The van der Waals surface area contributed by atoms with Crippen LogP contribution in [0.5, 0.6) is 0 Å². The van der Waals surface area contributed by atoms with Crippen LogP contribution in [0.25, 0.3) is 12.2 Å². The third kappa shape index (κ3) is 9.25. The van der Waals surface area contributed by atoms with Crippen molar-refractivity contribution in [2.24, 2.45) is 0 Å². The number of ether oxygens (including phenoxy) is 3. The number of rotatable bonds is 13. The van der Waals surface area contributed by atoms with Crippen molar-refractivity contribution in [1.82, 2.24) is 0 Å². The van der Waals surface area contributed by atoms with Crippen LogP contribution in [0.15, 0.2) is 72.3 Å². The lowest BCUT2D eigenvalue weighted by atomic mass is 9.81. The fraction of sp³-hybridized carbons (Fsp3) is 0.424. The average Bonchev–Trinajstić information content (AvgIpc) is 3.57. The quantitative estimate of drug-likeness (QED) is 0.295. The zero-order valence-corrected chi connectivity index (χ0v) is 23.8. The molecule has 2 aromatic rings. The Labute approximate surface area is 237 Å². The van der Waals surface area contributed by atoms with E-state index in [4.69, 9.17) is 24.4 Å². The maximum Gasteiger partial charge on any atom is 0.328 e. The number of hydrogen-bond acceptors (Lipinski definition) is 6. The minimum Gasteiger partial charge on any atom is -0.478 e. The van der Waals surface area contributed by atoms with E-state index >= 15 is 0 Å². The first-order valence-corrected chi connectivity index (χ1v) is 13.8. The van der Waals surface area contributed by atoms with Crippen LogP contribution >= 0.6 is 0 Å². The number of benzene rings is 2. The van der Waals surface area contributed by atoms with Crippen LogP contribution in [0.1, 0.15) is 61.8 Å². The molecule has 0 saturated heterocycles. The molecule has 0 heterocycles. The number of aliphatic hydroxyl groups excluding tert-OH is 2. The van der Waals surface area contributed by atoms with Crippen molar-refractivity contribution >= 4 is 18.1 Å². The van der Waals surface area contributed by atoms with Gasteiger partial charge in [-0.15, -0.1) is 0 Å². The number of carboxylic acid groups (broad SMARTS) is 1. The predicted octanol–water partition coefficient (Wildman–Crippen LogP) is 5.19. The number of aliphatic hydroxyl groups is 2. The third-order valence-corrected chi connectivity index (χ3v) is 6.72. The monoisotopic (exact) mass is 550 g/mol. The first kappa shape index (κ1) is 31.5. The summed E-state index contributed by atoms with van der Waals surface area (Å²) in [6.45, 7) is 8.53. The summed E-state index contributed by atoms with van der Waals surface area (Å²) in [5.41, 5.74) is 5.61. The lowest BCUT2D eigenvalue weighted by Crippen LogP contribution is -2.27. The second-order valence-electron chi connectivity index (χ2n) is 10.4. The fourth-order valence-corrected chi connectivity index (χ4v) is 4.65. The number of carbonyl (C=O) groups is 1. The van der Waals surface area contributed by atoms with E-state index < -0.39 is 12.1 Å². The maximum absolute atomic E-state index is 11.4. The van der Waals surface area contributed by atoms with Gasteiger partial charge in [0.2, 0.25) is 0 Å². The molecule has 3 N–H and O–H groups in total. The van der Waals surface area contributed by atoms with Crippen LogP contribution in [0, 0.1) is 0 Å². The molecule has 2 aliphatic carbocycles. The summed E-state index contributed by atoms with van der Waals surface area (Å²) >= 11 is 0. The van der Waals surface area contributed by atoms with E-state index in [1.54, 1.807) is 13.8 Å². The van der Waals surface area contributed by atoms with E-state index in [9.17, 15) is 9.90 Å². The summed E-state index contributed by atoms with van der Waals surface area (Å²) < 4.78 is 16.2. The van der Waals surface area contributed by atoms with Gasteiger partial charge in [0.15, 0.2) is 0 Å². The van der Waals surface area contributed by atoms with Gasteiger partial charge in [0.05, 0.1) is 50.8 Å². The van der Waals surface area contributed by atoms with Gasteiger partial charge in [0.1, 0.15) is 0 Å². The van der Waals surface area contributed by atoms with Crippen molar-refractivity contribution in [2.45, 2.75) is 63.9 Å². The number of carboxylic acids is 1. The second-order valence-corrected chi connectivity index (χ2v) is 10.4. The van der Waals surface area contributed by atoms with E-state index in [-0.39, 0.29) is 36.8 Å². The summed E-state index contributed by atoms with van der Waals surface area (Å²) in [4.78, 5) is 11.4. The molecule has 0 bridgehead atoms. The van der Waals surface area contributed by atoms with E-state index in [0.717, 1.165) is 5.57 Å². The van der Waals surface area contributed by atoms with Crippen molar-refractivity contribution in [3.63, 3.8) is 0 Å². The average molecular weight is 551 g/mol. The molecular weight excluding hydrogens is 508 g/mol. The minimum absolute atomic E-state index is 0.0145. The Morgan fingerprint density at radius 1 is 0.775 bits per heavy atom. The highest BCUT2D eigenvalue weighted by molar-refractivity contribution is 5.83. The van der Waals surface area contributed by atoms with Gasteiger partial charge in [0.25, 0.3) is 0 Å². The maximum atomic E-state index is 11.4. The zero-order chi connectivity index (χ0) is 29.1. The van der Waals surface area contributed by atoms with E-state index in [2.05, 4.69) is 48.6 Å². The van der Waals surface area contributed by atoms with Gasteiger partial charge in [-0.3, -0.25) is 0 Å². The van der Waals surface area contributed by atoms with Crippen molar-refractivity contribution in [3.05, 3.63) is 94.6 Å². The molecule has 6 atom stereocenters.